The van der Waals surface area contributed by atoms with E-state index in [2.05, 4.69) is 54.6 Å². The minimum absolute atomic E-state index is 0.00708. The van der Waals surface area contributed by atoms with E-state index in [1.165, 1.54) is 26.0 Å². The molecule has 1 heterocycles. The Hall–Kier alpha value is -0.690. The Morgan fingerprint density at radius 3 is 2.39 bits per heavy atom. The van der Waals surface area contributed by atoms with Gasteiger partial charge in [-0.1, -0.05) is 28.1 Å². The lowest BCUT2D eigenvalue weighted by Gasteiger charge is -2.33. The van der Waals surface area contributed by atoms with Gasteiger partial charge in [0.25, 0.3) is 0 Å². The molecule has 1 aromatic rings. The van der Waals surface area contributed by atoms with E-state index in [4.69, 9.17) is 4.74 Å². The van der Waals surface area contributed by atoms with Crippen molar-refractivity contribution < 1.29 is 13.2 Å². The summed E-state index contributed by atoms with van der Waals surface area (Å²) >= 11 is 3.41. The first-order chi connectivity index (χ1) is 10.8. The second-order valence-corrected chi connectivity index (χ2v) is 8.55. The number of aryl methyl sites for hydroxylation is 2. The Labute approximate surface area is 148 Å². The average Bonchev–Trinajstić information content (AvgIpc) is 2.46. The second kappa shape index (κ2) is 9.57. The monoisotopic (exact) mass is 403 g/mol. The number of sulfonamides is 1. The fourth-order valence-corrected chi connectivity index (χ4v) is 4.76. The summed E-state index contributed by atoms with van der Waals surface area (Å²) in [6, 6.07) is 6.37. The summed E-state index contributed by atoms with van der Waals surface area (Å²) in [5, 5.41) is 0. The molecule has 0 aliphatic carbocycles. The summed E-state index contributed by atoms with van der Waals surface area (Å²) in [6.07, 6.45) is 3.85. The molecule has 1 aliphatic heterocycles. The van der Waals surface area contributed by atoms with E-state index in [9.17, 15) is 8.42 Å². The largest absolute Gasteiger partial charge is 0.365 e. The number of benzene rings is 1. The van der Waals surface area contributed by atoms with Crippen LogP contribution in [0.4, 0.5) is 0 Å². The minimum atomic E-state index is -3.20. The molecule has 6 heteroatoms. The molecule has 1 fully saturated rings. The first-order valence-corrected chi connectivity index (χ1v) is 10.1. The third-order valence-electron chi connectivity index (χ3n) is 3.55. The summed E-state index contributed by atoms with van der Waals surface area (Å²) in [7, 11) is -1.66. The van der Waals surface area contributed by atoms with Crippen LogP contribution in [-0.4, -0.2) is 38.4 Å². The van der Waals surface area contributed by atoms with Gasteiger partial charge in [0, 0.05) is 18.1 Å². The Morgan fingerprint density at radius 2 is 1.91 bits per heavy atom. The van der Waals surface area contributed by atoms with Gasteiger partial charge < -0.3 is 4.74 Å². The van der Waals surface area contributed by atoms with Gasteiger partial charge in [-0.15, -0.1) is 6.58 Å². The van der Waals surface area contributed by atoms with Crippen molar-refractivity contribution in [2.75, 3.05) is 19.4 Å². The summed E-state index contributed by atoms with van der Waals surface area (Å²) < 4.78 is 31.2. The summed E-state index contributed by atoms with van der Waals surface area (Å²) in [5.74, 6) is -0.00708. The van der Waals surface area contributed by atoms with Crippen LogP contribution in [0.1, 0.15) is 30.4 Å². The lowest BCUT2D eigenvalue weighted by atomic mass is 10.1. The number of rotatable bonds is 4. The van der Waals surface area contributed by atoms with Crippen molar-refractivity contribution in [3.63, 3.8) is 0 Å². The van der Waals surface area contributed by atoms with E-state index < -0.39 is 10.0 Å². The molecule has 130 valence electrons. The molecule has 0 aromatic heterocycles. The average molecular weight is 404 g/mol. The van der Waals surface area contributed by atoms with Gasteiger partial charge in [0.1, 0.15) is 6.23 Å². The number of hydrogen-bond acceptors (Lipinski definition) is 3. The van der Waals surface area contributed by atoms with Gasteiger partial charge in [-0.2, -0.15) is 4.31 Å². The van der Waals surface area contributed by atoms with E-state index in [1.54, 1.807) is 7.11 Å². The third kappa shape index (κ3) is 6.75. The molecule has 0 N–H and O–H groups in total. The number of hydrogen-bond donors (Lipinski definition) is 0. The number of piperidine rings is 1. The third-order valence-corrected chi connectivity index (χ3v) is 5.79. The highest BCUT2D eigenvalue weighted by Crippen LogP contribution is 2.21. The molecule has 1 saturated heterocycles. The molecule has 0 spiro atoms. The zero-order valence-corrected chi connectivity index (χ0v) is 16.5. The number of halogens is 1. The first-order valence-electron chi connectivity index (χ1n) is 7.67. The maximum Gasteiger partial charge on any atom is 0.219 e. The summed E-state index contributed by atoms with van der Waals surface area (Å²) in [4.78, 5) is 0. The van der Waals surface area contributed by atoms with Crippen LogP contribution in [0.15, 0.2) is 35.3 Å². The van der Waals surface area contributed by atoms with E-state index >= 15 is 0 Å². The molecule has 0 amide bonds. The number of methoxy groups -OCH3 is 1. The predicted molar refractivity (Wildman–Crippen MR) is 99.0 cm³/mol. The Balaban J connectivity index is 0.000000253. The molecule has 4 nitrogen and oxygen atoms in total. The van der Waals surface area contributed by atoms with Gasteiger partial charge >= 0.3 is 0 Å². The summed E-state index contributed by atoms with van der Waals surface area (Å²) in [5.41, 5.74) is 2.61. The first kappa shape index (κ1) is 20.4. The molecule has 2 rings (SSSR count). The Morgan fingerprint density at radius 1 is 1.30 bits per heavy atom. The van der Waals surface area contributed by atoms with Crippen molar-refractivity contribution in [2.24, 2.45) is 0 Å². The van der Waals surface area contributed by atoms with Crippen LogP contribution < -0.4 is 0 Å². The van der Waals surface area contributed by atoms with Crippen molar-refractivity contribution >= 4 is 26.0 Å². The van der Waals surface area contributed by atoms with E-state index in [-0.39, 0.29) is 12.0 Å². The highest BCUT2D eigenvalue weighted by Gasteiger charge is 2.31. The SMILES string of the molecule is C=CCS(=O)(=O)N1CCCCC1OC.Cc1cc(C)cc(Br)c1. The topological polar surface area (TPSA) is 46.6 Å². The molecular weight excluding hydrogens is 378 g/mol. The molecule has 23 heavy (non-hydrogen) atoms. The van der Waals surface area contributed by atoms with Crippen LogP contribution in [0.25, 0.3) is 0 Å². The van der Waals surface area contributed by atoms with Crippen molar-refractivity contribution in [1.29, 1.82) is 0 Å². The normalized spacial score (nSPS) is 18.9. The lowest BCUT2D eigenvalue weighted by molar-refractivity contribution is -0.00773. The van der Waals surface area contributed by atoms with Crippen molar-refractivity contribution in [1.82, 2.24) is 4.31 Å². The van der Waals surface area contributed by atoms with Crippen LogP contribution in [0.2, 0.25) is 0 Å². The van der Waals surface area contributed by atoms with Crippen molar-refractivity contribution in [3.05, 3.63) is 46.5 Å². The van der Waals surface area contributed by atoms with E-state index in [0.717, 1.165) is 19.3 Å². The molecule has 1 atom stereocenters. The highest BCUT2D eigenvalue weighted by molar-refractivity contribution is 9.10. The van der Waals surface area contributed by atoms with Gasteiger partial charge in [-0.05, 0) is 56.4 Å². The Kier molecular flexibility index (Phi) is 8.47. The van der Waals surface area contributed by atoms with Gasteiger partial charge in [-0.25, -0.2) is 8.42 Å². The second-order valence-electron chi connectivity index (χ2n) is 5.67. The smallest absolute Gasteiger partial charge is 0.219 e. The molecule has 1 aromatic carbocycles. The van der Waals surface area contributed by atoms with Crippen molar-refractivity contribution in [2.45, 2.75) is 39.3 Å². The molecule has 1 unspecified atom stereocenters. The molecule has 0 radical (unpaired) electrons. The van der Waals surface area contributed by atoms with Crippen LogP contribution in [0.3, 0.4) is 0 Å². The minimum Gasteiger partial charge on any atom is -0.365 e. The van der Waals surface area contributed by atoms with Gasteiger partial charge in [0.05, 0.1) is 5.75 Å². The standard InChI is InChI=1S/C9H17NO3S.C8H9Br/c1-3-8-14(11,12)10-7-5-4-6-9(10)13-2;1-6-3-7(2)5-8(9)4-6/h3,9H,1,4-8H2,2H3;3-5H,1-2H3. The van der Waals surface area contributed by atoms with E-state index in [1.807, 2.05) is 0 Å². The maximum atomic E-state index is 11.7. The maximum absolute atomic E-state index is 11.7. The van der Waals surface area contributed by atoms with Crippen molar-refractivity contribution in [3.8, 4) is 0 Å². The van der Waals surface area contributed by atoms with E-state index in [0.29, 0.717) is 6.54 Å². The lowest BCUT2D eigenvalue weighted by Crippen LogP contribution is -2.45. The number of nitrogens with zero attached hydrogens (tertiary/aromatic N) is 1. The van der Waals surface area contributed by atoms with Crippen LogP contribution in [0, 0.1) is 13.8 Å². The van der Waals surface area contributed by atoms with Crippen LogP contribution >= 0.6 is 15.9 Å². The van der Waals surface area contributed by atoms with Gasteiger partial charge in [0.2, 0.25) is 10.0 Å². The Bertz CT molecular complexity index is 566. The fourth-order valence-electron chi connectivity index (χ4n) is 2.59. The quantitative estimate of drug-likeness (QED) is 0.712. The number of ether oxygens (including phenoxy) is 1. The molecule has 1 aliphatic rings. The fraction of sp³-hybridized carbons (Fsp3) is 0.529. The zero-order valence-electron chi connectivity index (χ0n) is 14.1. The highest BCUT2D eigenvalue weighted by atomic mass is 79.9. The van der Waals surface area contributed by atoms with Crippen LogP contribution in [0.5, 0.6) is 0 Å². The van der Waals surface area contributed by atoms with Crippen LogP contribution in [-0.2, 0) is 14.8 Å². The van der Waals surface area contributed by atoms with Gasteiger partial charge in [0.15, 0.2) is 0 Å². The molecular formula is C17H26BrNO3S. The molecule has 0 bridgehead atoms. The zero-order chi connectivity index (χ0) is 17.5. The van der Waals surface area contributed by atoms with Gasteiger partial charge in [-0.3, -0.25) is 0 Å². The molecule has 0 saturated carbocycles. The summed E-state index contributed by atoms with van der Waals surface area (Å²) in [6.45, 7) is 8.20. The predicted octanol–water partition coefficient (Wildman–Crippen LogP) is 4.03.